The van der Waals surface area contributed by atoms with Crippen molar-refractivity contribution in [3.05, 3.63) is 185 Å². The Hall–Kier alpha value is -9.28. The van der Waals surface area contributed by atoms with Crippen LogP contribution in [-0.4, -0.2) is 76.2 Å². The Balaban J connectivity index is 0.929. The van der Waals surface area contributed by atoms with Crippen LogP contribution in [-0.2, 0) is 30.2 Å². The number of rotatable bonds is 28. The van der Waals surface area contributed by atoms with Crippen molar-refractivity contribution in [2.45, 2.75) is 110 Å². The Labute approximate surface area is 505 Å². The number of phenolic OH excluding ortho intramolecular Hbond substituents is 1. The predicted octanol–water partition coefficient (Wildman–Crippen LogP) is 11.7. The lowest BCUT2D eigenvalue weighted by atomic mass is 9.89. The summed E-state index contributed by atoms with van der Waals surface area (Å²) in [5, 5.41) is 37.4. The number of carboxylic acid groups (broad SMARTS) is 1. The van der Waals surface area contributed by atoms with Gasteiger partial charge in [-0.2, -0.15) is 0 Å². The maximum Gasteiger partial charge on any atom is 0.453 e. The molecule has 0 saturated carbocycles. The Morgan fingerprint density at radius 1 is 0.586 bits per heavy atom. The summed E-state index contributed by atoms with van der Waals surface area (Å²) < 4.78 is 33.3. The number of aromatic hydroxyl groups is 1. The fourth-order valence-electron chi connectivity index (χ4n) is 10.4. The van der Waals surface area contributed by atoms with E-state index in [1.165, 1.54) is 48.5 Å². The summed E-state index contributed by atoms with van der Waals surface area (Å²) in [4.78, 5) is 96.2. The van der Waals surface area contributed by atoms with Crippen LogP contribution in [0, 0.1) is 17.8 Å². The predicted molar refractivity (Wildman–Crippen MR) is 335 cm³/mol. The highest BCUT2D eigenvalue weighted by Crippen LogP contribution is 2.54. The molecule has 0 bridgehead atoms. The molecule has 4 atom stereocenters. The quantitative estimate of drug-likeness (QED) is 0.0137. The third kappa shape index (κ3) is 17.0. The molecule has 6 aromatic rings. The molecule has 8 rings (SSSR count). The zero-order valence-corrected chi connectivity index (χ0v) is 50.4. The summed E-state index contributed by atoms with van der Waals surface area (Å²) >= 11 is 0. The molecule has 1 heterocycles. The maximum absolute atomic E-state index is 15.1. The molecule has 19 heteroatoms. The minimum absolute atomic E-state index is 0.0278. The van der Waals surface area contributed by atoms with E-state index in [4.69, 9.17) is 13.5 Å². The Morgan fingerprint density at radius 3 is 1.84 bits per heavy atom. The van der Waals surface area contributed by atoms with Crippen molar-refractivity contribution in [1.29, 1.82) is 0 Å². The van der Waals surface area contributed by atoms with Gasteiger partial charge in [-0.1, -0.05) is 127 Å². The van der Waals surface area contributed by atoms with Gasteiger partial charge in [-0.3, -0.25) is 28.8 Å². The molecule has 5 amide bonds. The smallest absolute Gasteiger partial charge is 0.453 e. The Kier molecular flexibility index (Phi) is 21.4. The first-order valence-corrected chi connectivity index (χ1v) is 30.9. The molecule has 2 aliphatic rings. The Morgan fingerprint density at radius 2 is 1.20 bits per heavy atom. The molecule has 7 N–H and O–H groups in total. The molecule has 0 aromatic heterocycles. The van der Waals surface area contributed by atoms with Crippen molar-refractivity contribution in [1.82, 2.24) is 26.6 Å². The third-order valence-electron chi connectivity index (χ3n) is 14.6. The number of hydrogen-bond acceptors (Lipinski definition) is 12. The zero-order valence-electron chi connectivity index (χ0n) is 49.5. The van der Waals surface area contributed by atoms with Gasteiger partial charge in [0.15, 0.2) is 11.2 Å². The molecule has 0 fully saturated rings. The van der Waals surface area contributed by atoms with E-state index in [0.717, 1.165) is 16.3 Å². The molecule has 0 unspecified atom stereocenters. The van der Waals surface area contributed by atoms with Gasteiger partial charge in [0.1, 0.15) is 46.7 Å². The molecule has 1 aliphatic heterocycles. The van der Waals surface area contributed by atoms with Crippen LogP contribution in [0.2, 0.25) is 0 Å². The van der Waals surface area contributed by atoms with Gasteiger partial charge in [0.05, 0.1) is 5.56 Å². The van der Waals surface area contributed by atoms with E-state index in [1.807, 2.05) is 70.2 Å². The summed E-state index contributed by atoms with van der Waals surface area (Å²) in [5.41, 5.74) is 1.70. The first-order valence-electron chi connectivity index (χ1n) is 29.3. The van der Waals surface area contributed by atoms with E-state index in [1.54, 1.807) is 80.6 Å². The molecular formula is C68H74N5O13P. The van der Waals surface area contributed by atoms with E-state index in [-0.39, 0.29) is 94.8 Å². The van der Waals surface area contributed by atoms with E-state index >= 15 is 4.57 Å². The average Bonchev–Trinajstić information content (AvgIpc) is 0.872. The number of carboxylic acids is 1. The van der Waals surface area contributed by atoms with E-state index in [9.17, 15) is 43.8 Å². The van der Waals surface area contributed by atoms with E-state index in [0.29, 0.717) is 35.8 Å². The van der Waals surface area contributed by atoms with Crippen molar-refractivity contribution >= 4 is 64.8 Å². The van der Waals surface area contributed by atoms with Crippen molar-refractivity contribution in [2.24, 2.45) is 17.8 Å². The van der Waals surface area contributed by atoms with Crippen LogP contribution >= 0.6 is 7.60 Å². The molecule has 6 aromatic carbocycles. The van der Waals surface area contributed by atoms with E-state index < -0.39 is 72.9 Å². The van der Waals surface area contributed by atoms with Crippen molar-refractivity contribution < 1.29 is 57.0 Å². The van der Waals surface area contributed by atoms with Crippen LogP contribution in [0.1, 0.15) is 106 Å². The number of nitrogens with one attached hydrogen (secondary N) is 5. The van der Waals surface area contributed by atoms with Crippen molar-refractivity contribution in [3.8, 4) is 39.7 Å². The molecule has 87 heavy (non-hydrogen) atoms. The minimum atomic E-state index is -4.26. The number of fused-ring (bicyclic) bond motifs is 3. The van der Waals surface area contributed by atoms with Gasteiger partial charge in [-0.05, 0) is 132 Å². The Bertz CT molecular complexity index is 3790. The number of aromatic carboxylic acids is 1. The molecule has 0 radical (unpaired) electrons. The summed E-state index contributed by atoms with van der Waals surface area (Å²) in [5.74, 6) is -5.25. The highest BCUT2D eigenvalue weighted by molar-refractivity contribution is 7.55. The topological polar surface area (TPSA) is 269 Å². The van der Waals surface area contributed by atoms with Gasteiger partial charge in [0.25, 0.3) is 5.91 Å². The molecule has 0 saturated heterocycles. The number of benzene rings is 7. The van der Waals surface area contributed by atoms with Crippen LogP contribution in [0.15, 0.2) is 167 Å². The van der Waals surface area contributed by atoms with Crippen LogP contribution in [0.5, 0.6) is 17.2 Å². The summed E-state index contributed by atoms with van der Waals surface area (Å²) in [6.07, 6.45) is 1.90. The van der Waals surface area contributed by atoms with Crippen LogP contribution in [0.3, 0.4) is 0 Å². The lowest BCUT2D eigenvalue weighted by Gasteiger charge is -2.32. The van der Waals surface area contributed by atoms with Gasteiger partial charge in [0.2, 0.25) is 23.6 Å². The van der Waals surface area contributed by atoms with Crippen LogP contribution in [0.25, 0.3) is 44.2 Å². The average molecular weight is 1200 g/mol. The van der Waals surface area contributed by atoms with Crippen molar-refractivity contribution in [3.63, 3.8) is 0 Å². The lowest BCUT2D eigenvalue weighted by molar-refractivity contribution is -0.134. The van der Waals surface area contributed by atoms with Crippen LogP contribution < -0.4 is 41.1 Å². The first kappa shape index (κ1) is 63.7. The normalized spacial score (nSPS) is 13.0. The molecular weight excluding hydrogens is 1130 g/mol. The maximum atomic E-state index is 15.1. The van der Waals surface area contributed by atoms with Crippen molar-refractivity contribution in [2.75, 3.05) is 6.54 Å². The van der Waals surface area contributed by atoms with Gasteiger partial charge in [-0.25, -0.2) is 9.36 Å². The number of carbonyl (C=O) groups excluding carboxylic acids is 5. The highest BCUT2D eigenvalue weighted by atomic mass is 31.2. The fourth-order valence-corrected chi connectivity index (χ4v) is 12.5. The largest absolute Gasteiger partial charge is 0.508 e. The minimum Gasteiger partial charge on any atom is -0.508 e. The fraction of sp³-hybridized carbons (Fsp3) is 0.309. The summed E-state index contributed by atoms with van der Waals surface area (Å²) in [7, 11) is -4.26. The SMILES string of the molecule is CC(C)C[C@H](NC(=O)CCCCCNC(=O)c1ccc(C(=O)O)c(-c2c3ccc(=O)cc-3oc3cc(O)ccc23)c1)C(=O)N[C@@H](Cc1ccc2ccccc2c1)C(=O)N[C@@H](CC(C)C)C(=O)N[C@@H](C(C)C)P(=O)(Oc1ccccc1)Oc1ccccc1. The van der Waals surface area contributed by atoms with Gasteiger partial charge in [-0.15, -0.1) is 0 Å². The van der Waals surface area contributed by atoms with Gasteiger partial charge in [0, 0.05) is 53.6 Å². The van der Waals surface area contributed by atoms with Crippen LogP contribution in [0.4, 0.5) is 0 Å². The van der Waals surface area contributed by atoms with E-state index in [2.05, 4.69) is 26.6 Å². The highest BCUT2D eigenvalue weighted by Gasteiger charge is 2.44. The lowest BCUT2D eigenvalue weighted by Crippen LogP contribution is -2.58. The number of hydrogen-bond donors (Lipinski definition) is 7. The first-order chi connectivity index (χ1) is 41.6. The monoisotopic (exact) mass is 1200 g/mol. The number of carbonyl (C=O) groups is 6. The van der Waals surface area contributed by atoms with Gasteiger partial charge < -0.3 is 50.3 Å². The van der Waals surface area contributed by atoms with Gasteiger partial charge >= 0.3 is 13.6 Å². The number of para-hydroxylation sites is 2. The zero-order chi connectivity index (χ0) is 62.4. The second-order valence-electron chi connectivity index (χ2n) is 22.9. The number of unbranched alkanes of at least 4 members (excludes halogenated alkanes) is 2. The standard InChI is InChI=1S/C68H74N5O13P/c1-41(2)34-56(70-61(76)24-14-9-17-33-69-63(77)47-27-30-52(68(81)82)55(38-47)62-53-31-28-48(74)39-59(53)84-60-40-49(75)29-32-54(60)62)64(78)72-58(37-44-25-26-45-18-15-16-19-46(45)36-44)65(79)71-57(35-42(3)4)66(80)73-67(43(5)6)87(83,85-50-20-10-7-11-21-50)86-51-22-12-8-13-23-51/h7-8,10-13,15-16,18-23,25-32,36,38-43,56-58,67,74H,9,14,17,24,33-35,37H2,1-6H3,(H,69,77)(H,70,76)(H,71,79)(H,72,78)(H,73,80)(H,81,82)/t56-,57-,58-,67+/m0/s1. The molecule has 18 nitrogen and oxygen atoms in total. The molecule has 454 valence electrons. The molecule has 0 spiro atoms. The molecule has 1 aliphatic carbocycles. The second-order valence-corrected chi connectivity index (χ2v) is 24.9. The summed E-state index contributed by atoms with van der Waals surface area (Å²) in [6, 6.07) is 39.8. The number of phenols is 1. The number of amides is 5. The summed E-state index contributed by atoms with van der Waals surface area (Å²) in [6.45, 7) is 11.4. The third-order valence-corrected chi connectivity index (χ3v) is 17.0. The second kappa shape index (κ2) is 29.2.